The molecule has 8 nitrogen and oxygen atoms in total. The number of rotatable bonds is 12. The van der Waals surface area contributed by atoms with Crippen molar-refractivity contribution >= 4 is 12.0 Å². The van der Waals surface area contributed by atoms with Gasteiger partial charge in [-0.25, -0.2) is 4.79 Å². The summed E-state index contributed by atoms with van der Waals surface area (Å²) >= 11 is 0. The predicted octanol–water partition coefficient (Wildman–Crippen LogP) is 3.00. The second-order valence-corrected chi connectivity index (χ2v) is 6.92. The van der Waals surface area contributed by atoms with Gasteiger partial charge in [0.1, 0.15) is 0 Å². The molecule has 0 aliphatic carbocycles. The lowest BCUT2D eigenvalue weighted by Gasteiger charge is -2.20. The van der Waals surface area contributed by atoms with E-state index in [9.17, 15) is 9.59 Å². The summed E-state index contributed by atoms with van der Waals surface area (Å²) in [6.07, 6.45) is 1.08. The Morgan fingerprint density at radius 3 is 2.62 bits per heavy atom. The summed E-state index contributed by atoms with van der Waals surface area (Å²) in [5.74, 6) is 1.27. The SMILES string of the molecule is CCOC(=O)NC(CNC(=O)CCCOc1ccc(C#N)cc1OC)CC(C)C. The van der Waals surface area contributed by atoms with E-state index in [1.54, 1.807) is 25.1 Å². The summed E-state index contributed by atoms with van der Waals surface area (Å²) in [4.78, 5) is 23.7. The quantitative estimate of drug-likeness (QED) is 0.517. The van der Waals surface area contributed by atoms with Crippen LogP contribution in [0.3, 0.4) is 0 Å². The molecule has 160 valence electrons. The molecule has 0 aromatic heterocycles. The zero-order chi connectivity index (χ0) is 21.6. The number of benzene rings is 1. The van der Waals surface area contributed by atoms with Crippen LogP contribution in [0.25, 0.3) is 0 Å². The van der Waals surface area contributed by atoms with E-state index >= 15 is 0 Å². The van der Waals surface area contributed by atoms with Crippen molar-refractivity contribution in [3.63, 3.8) is 0 Å². The van der Waals surface area contributed by atoms with Crippen LogP contribution in [0.4, 0.5) is 4.79 Å². The van der Waals surface area contributed by atoms with E-state index in [1.807, 2.05) is 6.07 Å². The Bertz CT molecular complexity index is 700. The van der Waals surface area contributed by atoms with E-state index < -0.39 is 6.09 Å². The van der Waals surface area contributed by atoms with Crippen LogP contribution < -0.4 is 20.1 Å². The average molecular weight is 405 g/mol. The minimum absolute atomic E-state index is 0.111. The summed E-state index contributed by atoms with van der Waals surface area (Å²) in [5.41, 5.74) is 0.487. The van der Waals surface area contributed by atoms with Gasteiger partial charge in [-0.1, -0.05) is 13.8 Å². The Morgan fingerprint density at radius 2 is 2.00 bits per heavy atom. The van der Waals surface area contributed by atoms with Gasteiger partial charge >= 0.3 is 6.09 Å². The van der Waals surface area contributed by atoms with Crippen molar-refractivity contribution in [1.82, 2.24) is 10.6 Å². The van der Waals surface area contributed by atoms with Crippen molar-refractivity contribution in [3.8, 4) is 17.6 Å². The lowest BCUT2D eigenvalue weighted by atomic mass is 10.0. The summed E-state index contributed by atoms with van der Waals surface area (Å²) < 4.78 is 15.8. The van der Waals surface area contributed by atoms with E-state index in [4.69, 9.17) is 19.5 Å². The van der Waals surface area contributed by atoms with Gasteiger partial charge in [-0.3, -0.25) is 4.79 Å². The predicted molar refractivity (Wildman–Crippen MR) is 109 cm³/mol. The standard InChI is InChI=1S/C21H31N3O5/c1-5-28-21(26)24-17(11-15(2)3)14-23-20(25)7-6-10-29-18-9-8-16(13-22)12-19(18)27-4/h8-9,12,15,17H,5-7,10-11,14H2,1-4H3,(H,23,25)(H,24,26). The van der Waals surface area contributed by atoms with Gasteiger partial charge in [0.05, 0.1) is 32.0 Å². The number of carbonyl (C=O) groups excluding carboxylic acids is 2. The second kappa shape index (κ2) is 13.3. The first-order valence-corrected chi connectivity index (χ1v) is 9.80. The minimum Gasteiger partial charge on any atom is -0.493 e. The third kappa shape index (κ3) is 9.70. The van der Waals surface area contributed by atoms with Gasteiger partial charge in [0.2, 0.25) is 5.91 Å². The molecule has 0 bridgehead atoms. The van der Waals surface area contributed by atoms with E-state index in [0.717, 1.165) is 6.42 Å². The highest BCUT2D eigenvalue weighted by atomic mass is 16.5. The number of nitriles is 1. The number of carbonyl (C=O) groups is 2. The molecule has 0 aliphatic rings. The number of amides is 2. The highest BCUT2D eigenvalue weighted by molar-refractivity contribution is 5.76. The molecule has 0 radical (unpaired) electrons. The smallest absolute Gasteiger partial charge is 0.407 e. The van der Waals surface area contributed by atoms with Gasteiger partial charge in [0.15, 0.2) is 11.5 Å². The van der Waals surface area contributed by atoms with Crippen molar-refractivity contribution in [3.05, 3.63) is 23.8 Å². The number of nitrogens with zero attached hydrogens (tertiary/aromatic N) is 1. The average Bonchev–Trinajstić information content (AvgIpc) is 2.69. The Labute approximate surface area is 172 Å². The largest absolute Gasteiger partial charge is 0.493 e. The molecule has 0 spiro atoms. The fourth-order valence-electron chi connectivity index (χ4n) is 2.70. The third-order valence-corrected chi connectivity index (χ3v) is 4.00. The molecular weight excluding hydrogens is 374 g/mol. The number of methoxy groups -OCH3 is 1. The maximum Gasteiger partial charge on any atom is 0.407 e. The van der Waals surface area contributed by atoms with Crippen LogP contribution in [0, 0.1) is 17.2 Å². The van der Waals surface area contributed by atoms with Gasteiger partial charge in [-0.2, -0.15) is 5.26 Å². The third-order valence-electron chi connectivity index (χ3n) is 4.00. The van der Waals surface area contributed by atoms with Gasteiger partial charge in [0, 0.05) is 25.1 Å². The van der Waals surface area contributed by atoms with Crippen molar-refractivity contribution < 1.29 is 23.8 Å². The number of alkyl carbamates (subject to hydrolysis) is 1. The van der Waals surface area contributed by atoms with Crippen LogP contribution in [0.2, 0.25) is 0 Å². The van der Waals surface area contributed by atoms with Gasteiger partial charge in [-0.15, -0.1) is 0 Å². The zero-order valence-electron chi connectivity index (χ0n) is 17.6. The van der Waals surface area contributed by atoms with E-state index in [-0.39, 0.29) is 11.9 Å². The lowest BCUT2D eigenvalue weighted by Crippen LogP contribution is -2.44. The summed E-state index contributed by atoms with van der Waals surface area (Å²) in [6.45, 7) is 6.84. The first-order chi connectivity index (χ1) is 13.9. The molecule has 0 aliphatic heterocycles. The Balaban J connectivity index is 2.38. The molecule has 0 saturated carbocycles. The van der Waals surface area contributed by atoms with Gasteiger partial charge < -0.3 is 24.8 Å². The first kappa shape index (κ1) is 24.1. The van der Waals surface area contributed by atoms with Crippen LogP contribution in [-0.2, 0) is 9.53 Å². The van der Waals surface area contributed by atoms with Crippen molar-refractivity contribution in [2.75, 3.05) is 26.9 Å². The van der Waals surface area contributed by atoms with Crippen LogP contribution in [-0.4, -0.2) is 44.9 Å². The Kier molecular flexibility index (Phi) is 11.0. The summed E-state index contributed by atoms with van der Waals surface area (Å²) in [6, 6.07) is 6.79. The number of nitrogens with one attached hydrogen (secondary N) is 2. The molecule has 29 heavy (non-hydrogen) atoms. The second-order valence-electron chi connectivity index (χ2n) is 6.92. The van der Waals surface area contributed by atoms with Crippen LogP contribution in [0.15, 0.2) is 18.2 Å². The summed E-state index contributed by atoms with van der Waals surface area (Å²) in [5, 5.41) is 14.5. The van der Waals surface area contributed by atoms with E-state index in [2.05, 4.69) is 24.5 Å². The Hall–Kier alpha value is -2.95. The van der Waals surface area contributed by atoms with Crippen LogP contribution >= 0.6 is 0 Å². The molecule has 1 aromatic rings. The molecule has 2 amide bonds. The molecular formula is C21H31N3O5. The van der Waals surface area contributed by atoms with Gasteiger partial charge in [-0.05, 0) is 37.8 Å². The van der Waals surface area contributed by atoms with Crippen molar-refractivity contribution in [2.24, 2.45) is 5.92 Å². The zero-order valence-corrected chi connectivity index (χ0v) is 17.6. The number of ether oxygens (including phenoxy) is 3. The molecule has 1 rings (SSSR count). The molecule has 0 heterocycles. The van der Waals surface area contributed by atoms with Crippen molar-refractivity contribution in [2.45, 2.75) is 46.1 Å². The summed E-state index contributed by atoms with van der Waals surface area (Å²) in [7, 11) is 1.51. The molecule has 8 heteroatoms. The highest BCUT2D eigenvalue weighted by Gasteiger charge is 2.16. The first-order valence-electron chi connectivity index (χ1n) is 9.80. The van der Waals surface area contributed by atoms with E-state index in [1.165, 1.54) is 7.11 Å². The molecule has 2 N–H and O–H groups in total. The van der Waals surface area contributed by atoms with Crippen molar-refractivity contribution in [1.29, 1.82) is 5.26 Å². The maximum absolute atomic E-state index is 12.1. The lowest BCUT2D eigenvalue weighted by molar-refractivity contribution is -0.121. The fourth-order valence-corrected chi connectivity index (χ4v) is 2.70. The fraction of sp³-hybridized carbons (Fsp3) is 0.571. The molecule has 0 saturated heterocycles. The minimum atomic E-state index is -0.475. The number of hydrogen-bond donors (Lipinski definition) is 2. The monoisotopic (exact) mass is 405 g/mol. The maximum atomic E-state index is 12.1. The van der Waals surface area contributed by atoms with E-state index in [0.29, 0.717) is 55.6 Å². The molecule has 1 aromatic carbocycles. The van der Waals surface area contributed by atoms with Crippen LogP contribution in [0.5, 0.6) is 11.5 Å². The Morgan fingerprint density at radius 1 is 1.24 bits per heavy atom. The van der Waals surface area contributed by atoms with Gasteiger partial charge in [0.25, 0.3) is 0 Å². The molecule has 1 atom stereocenters. The highest BCUT2D eigenvalue weighted by Crippen LogP contribution is 2.27. The number of hydrogen-bond acceptors (Lipinski definition) is 6. The van der Waals surface area contributed by atoms with Crippen LogP contribution in [0.1, 0.15) is 45.6 Å². The molecule has 0 fully saturated rings. The normalized spacial score (nSPS) is 11.3. The topological polar surface area (TPSA) is 110 Å². The molecule has 1 unspecified atom stereocenters.